The molecule has 4 rings (SSSR count). The average Bonchev–Trinajstić information content (AvgIpc) is 3.17. The predicted octanol–water partition coefficient (Wildman–Crippen LogP) is 4.14. The SMILES string of the molecule is CC(C)(C)c1ccc(-c2nn3c(CN4CCCCC4)nnc3s2)cc1. The van der Waals surface area contributed by atoms with E-state index in [1.165, 1.54) is 24.8 Å². The lowest BCUT2D eigenvalue weighted by Gasteiger charge is -2.25. The van der Waals surface area contributed by atoms with Crippen LogP contribution in [0.15, 0.2) is 24.3 Å². The van der Waals surface area contributed by atoms with Crippen molar-refractivity contribution >= 4 is 16.3 Å². The summed E-state index contributed by atoms with van der Waals surface area (Å²) in [6, 6.07) is 8.73. The summed E-state index contributed by atoms with van der Waals surface area (Å²) < 4.78 is 1.92. The quantitative estimate of drug-likeness (QED) is 0.708. The summed E-state index contributed by atoms with van der Waals surface area (Å²) in [5.74, 6) is 0.950. The van der Waals surface area contributed by atoms with E-state index in [2.05, 4.69) is 60.1 Å². The molecule has 0 bridgehead atoms. The van der Waals surface area contributed by atoms with Crippen LogP contribution in [0.25, 0.3) is 15.5 Å². The zero-order chi connectivity index (χ0) is 17.4. The molecule has 0 amide bonds. The van der Waals surface area contributed by atoms with Gasteiger partial charge < -0.3 is 0 Å². The van der Waals surface area contributed by atoms with Crippen LogP contribution in [0.4, 0.5) is 0 Å². The summed E-state index contributed by atoms with van der Waals surface area (Å²) >= 11 is 1.61. The van der Waals surface area contributed by atoms with Crippen LogP contribution in [0.1, 0.15) is 51.4 Å². The van der Waals surface area contributed by atoms with Crippen molar-refractivity contribution in [2.24, 2.45) is 0 Å². The second-order valence-corrected chi connectivity index (χ2v) is 8.84. The first-order chi connectivity index (χ1) is 12.0. The third-order valence-electron chi connectivity index (χ3n) is 4.87. The van der Waals surface area contributed by atoms with Crippen LogP contribution >= 0.6 is 11.3 Å². The van der Waals surface area contributed by atoms with E-state index in [1.54, 1.807) is 11.3 Å². The summed E-state index contributed by atoms with van der Waals surface area (Å²) in [5.41, 5.74) is 2.65. The molecular formula is C19H25N5S. The van der Waals surface area contributed by atoms with Crippen LogP contribution in [0.2, 0.25) is 0 Å². The molecule has 0 radical (unpaired) electrons. The topological polar surface area (TPSA) is 46.3 Å². The van der Waals surface area contributed by atoms with Gasteiger partial charge in [0.25, 0.3) is 0 Å². The summed E-state index contributed by atoms with van der Waals surface area (Å²) in [6.45, 7) is 9.85. The lowest BCUT2D eigenvalue weighted by atomic mass is 9.87. The Labute approximate surface area is 152 Å². The van der Waals surface area contributed by atoms with Gasteiger partial charge in [-0.2, -0.15) is 9.61 Å². The molecule has 1 saturated heterocycles. The Kier molecular flexibility index (Phi) is 4.33. The highest BCUT2D eigenvalue weighted by Crippen LogP contribution is 2.29. The fraction of sp³-hybridized carbons (Fsp3) is 0.526. The van der Waals surface area contributed by atoms with Crippen LogP contribution in [0.5, 0.6) is 0 Å². The predicted molar refractivity (Wildman–Crippen MR) is 102 cm³/mol. The van der Waals surface area contributed by atoms with Gasteiger partial charge in [0, 0.05) is 5.56 Å². The fourth-order valence-electron chi connectivity index (χ4n) is 3.30. The van der Waals surface area contributed by atoms with E-state index in [0.29, 0.717) is 0 Å². The molecular weight excluding hydrogens is 330 g/mol. The summed E-state index contributed by atoms with van der Waals surface area (Å²) in [6.07, 6.45) is 3.91. The van der Waals surface area contributed by atoms with Crippen molar-refractivity contribution in [2.45, 2.75) is 52.0 Å². The van der Waals surface area contributed by atoms with Gasteiger partial charge in [-0.15, -0.1) is 10.2 Å². The van der Waals surface area contributed by atoms with E-state index in [1.807, 2.05) is 4.52 Å². The van der Waals surface area contributed by atoms with E-state index >= 15 is 0 Å². The molecule has 0 atom stereocenters. The molecule has 0 saturated carbocycles. The smallest absolute Gasteiger partial charge is 0.235 e. The number of fused-ring (bicyclic) bond motifs is 1. The summed E-state index contributed by atoms with van der Waals surface area (Å²) in [7, 11) is 0. The minimum absolute atomic E-state index is 0.168. The average molecular weight is 356 g/mol. The van der Waals surface area contributed by atoms with Crippen molar-refractivity contribution < 1.29 is 0 Å². The number of nitrogens with zero attached hydrogens (tertiary/aromatic N) is 5. The molecule has 1 aromatic carbocycles. The number of likely N-dealkylation sites (tertiary alicyclic amines) is 1. The van der Waals surface area contributed by atoms with Crippen LogP contribution < -0.4 is 0 Å². The van der Waals surface area contributed by atoms with Crippen LogP contribution in [0.3, 0.4) is 0 Å². The maximum atomic E-state index is 4.78. The molecule has 1 aliphatic rings. The third-order valence-corrected chi connectivity index (χ3v) is 5.81. The van der Waals surface area contributed by atoms with E-state index in [0.717, 1.165) is 41.0 Å². The van der Waals surface area contributed by atoms with Gasteiger partial charge in [0.15, 0.2) is 5.82 Å². The number of hydrogen-bond donors (Lipinski definition) is 0. The van der Waals surface area contributed by atoms with Crippen molar-refractivity contribution in [1.29, 1.82) is 0 Å². The molecule has 3 heterocycles. The number of piperidine rings is 1. The number of aromatic nitrogens is 4. The number of rotatable bonds is 3. The van der Waals surface area contributed by atoms with E-state index < -0.39 is 0 Å². The normalized spacial score (nSPS) is 16.6. The Hall–Kier alpha value is -1.79. The van der Waals surface area contributed by atoms with Crippen LogP contribution in [-0.4, -0.2) is 37.8 Å². The first-order valence-corrected chi connectivity index (χ1v) is 9.87. The van der Waals surface area contributed by atoms with Crippen molar-refractivity contribution in [3.05, 3.63) is 35.7 Å². The van der Waals surface area contributed by atoms with Gasteiger partial charge in [-0.25, -0.2) is 0 Å². The molecule has 6 heteroatoms. The molecule has 0 N–H and O–H groups in total. The first-order valence-electron chi connectivity index (χ1n) is 9.05. The van der Waals surface area contributed by atoms with E-state index in [-0.39, 0.29) is 5.41 Å². The molecule has 25 heavy (non-hydrogen) atoms. The van der Waals surface area contributed by atoms with Crippen molar-refractivity contribution in [1.82, 2.24) is 24.7 Å². The van der Waals surface area contributed by atoms with Gasteiger partial charge in [-0.05, 0) is 36.9 Å². The Morgan fingerprint density at radius 1 is 1.00 bits per heavy atom. The van der Waals surface area contributed by atoms with E-state index in [9.17, 15) is 0 Å². The maximum absolute atomic E-state index is 4.78. The molecule has 1 fully saturated rings. The molecule has 1 aliphatic heterocycles. The lowest BCUT2D eigenvalue weighted by molar-refractivity contribution is 0.214. The fourth-order valence-corrected chi connectivity index (χ4v) is 4.17. The summed E-state index contributed by atoms with van der Waals surface area (Å²) in [5, 5.41) is 14.5. The van der Waals surface area contributed by atoms with Gasteiger partial charge in [0.05, 0.1) is 6.54 Å². The second kappa shape index (κ2) is 6.50. The number of hydrogen-bond acceptors (Lipinski definition) is 5. The van der Waals surface area contributed by atoms with Crippen LogP contribution in [-0.2, 0) is 12.0 Å². The Balaban J connectivity index is 1.59. The minimum Gasteiger partial charge on any atom is -0.296 e. The van der Waals surface area contributed by atoms with Crippen molar-refractivity contribution in [3.63, 3.8) is 0 Å². The number of benzene rings is 1. The maximum Gasteiger partial charge on any atom is 0.235 e. The van der Waals surface area contributed by atoms with Crippen LogP contribution in [0, 0.1) is 0 Å². The third kappa shape index (κ3) is 3.46. The monoisotopic (exact) mass is 355 g/mol. The largest absolute Gasteiger partial charge is 0.296 e. The molecule has 3 aromatic rings. The standard InChI is InChI=1S/C19H25N5S/c1-19(2,3)15-9-7-14(8-10-15)17-22-24-16(20-21-18(24)25-17)13-23-11-5-4-6-12-23/h7-10H,4-6,11-13H2,1-3H3. The molecule has 0 spiro atoms. The van der Waals surface area contributed by atoms with Gasteiger partial charge in [0.2, 0.25) is 4.96 Å². The van der Waals surface area contributed by atoms with Crippen molar-refractivity contribution in [3.8, 4) is 10.6 Å². The summed E-state index contributed by atoms with van der Waals surface area (Å²) in [4.78, 5) is 3.33. The van der Waals surface area contributed by atoms with Gasteiger partial charge in [0.1, 0.15) is 5.01 Å². The van der Waals surface area contributed by atoms with Gasteiger partial charge in [-0.1, -0.05) is 62.8 Å². The molecule has 5 nitrogen and oxygen atoms in total. The first kappa shape index (κ1) is 16.7. The Morgan fingerprint density at radius 3 is 2.40 bits per heavy atom. The molecule has 0 unspecified atom stereocenters. The van der Waals surface area contributed by atoms with Gasteiger partial charge >= 0.3 is 0 Å². The lowest BCUT2D eigenvalue weighted by Crippen LogP contribution is -2.30. The zero-order valence-electron chi connectivity index (χ0n) is 15.2. The Morgan fingerprint density at radius 2 is 1.72 bits per heavy atom. The molecule has 0 aliphatic carbocycles. The second-order valence-electron chi connectivity index (χ2n) is 7.88. The molecule has 132 valence electrons. The minimum atomic E-state index is 0.168. The zero-order valence-corrected chi connectivity index (χ0v) is 16.0. The van der Waals surface area contributed by atoms with E-state index in [4.69, 9.17) is 5.10 Å². The van der Waals surface area contributed by atoms with Gasteiger partial charge in [-0.3, -0.25) is 4.90 Å². The highest BCUT2D eigenvalue weighted by molar-refractivity contribution is 7.19. The highest BCUT2D eigenvalue weighted by atomic mass is 32.1. The van der Waals surface area contributed by atoms with Crippen molar-refractivity contribution in [2.75, 3.05) is 13.1 Å². The Bertz CT molecular complexity index is 850. The molecule has 2 aromatic heterocycles. The highest BCUT2D eigenvalue weighted by Gasteiger charge is 2.18.